The molecule has 0 bridgehead atoms. The van der Waals surface area contributed by atoms with Crippen LogP contribution >= 0.6 is 0 Å². The Kier molecular flexibility index (Phi) is 3.89. The first-order chi connectivity index (χ1) is 8.51. The molecule has 1 aliphatic rings. The maximum Gasteiger partial charge on any atom is 0.143 e. The van der Waals surface area contributed by atoms with E-state index in [1.807, 2.05) is 0 Å². The molecule has 1 aromatic rings. The fourth-order valence-corrected chi connectivity index (χ4v) is 2.85. The first-order valence-corrected chi connectivity index (χ1v) is 7.13. The third-order valence-electron chi connectivity index (χ3n) is 4.39. The molecule has 0 heterocycles. The number of carbonyl (C=O) groups excluding carboxylic acids is 1. The molecule has 1 nitrogen and oxygen atoms in total. The Morgan fingerprint density at radius 2 is 1.72 bits per heavy atom. The van der Waals surface area contributed by atoms with Crippen LogP contribution in [0.3, 0.4) is 0 Å². The van der Waals surface area contributed by atoms with Gasteiger partial charge in [-0.1, -0.05) is 57.9 Å². The van der Waals surface area contributed by atoms with Crippen LogP contribution in [0.2, 0.25) is 0 Å². The number of benzene rings is 1. The predicted octanol–water partition coefficient (Wildman–Crippen LogP) is 4.50. The van der Waals surface area contributed by atoms with Crippen molar-refractivity contribution < 1.29 is 4.79 Å². The van der Waals surface area contributed by atoms with Crippen LogP contribution in [-0.2, 0) is 11.2 Å². The van der Waals surface area contributed by atoms with Crippen LogP contribution in [0.1, 0.15) is 63.5 Å². The van der Waals surface area contributed by atoms with Crippen molar-refractivity contribution in [3.05, 3.63) is 35.4 Å². The molecule has 0 aliphatic heterocycles. The van der Waals surface area contributed by atoms with E-state index in [1.165, 1.54) is 18.4 Å². The molecule has 0 amide bonds. The normalized spacial score (nSPS) is 18.2. The van der Waals surface area contributed by atoms with Crippen LogP contribution in [0, 0.1) is 5.41 Å². The molecule has 0 unspecified atom stereocenters. The summed E-state index contributed by atoms with van der Waals surface area (Å²) in [4.78, 5) is 12.4. The Morgan fingerprint density at radius 1 is 1.17 bits per heavy atom. The first-order valence-electron chi connectivity index (χ1n) is 7.13. The average molecular weight is 244 g/mol. The molecule has 0 spiro atoms. The van der Waals surface area contributed by atoms with Crippen LogP contribution in [0.25, 0.3) is 0 Å². The van der Waals surface area contributed by atoms with Gasteiger partial charge >= 0.3 is 0 Å². The Morgan fingerprint density at radius 3 is 2.22 bits per heavy atom. The number of rotatable bonds is 4. The maximum absolute atomic E-state index is 12.4. The van der Waals surface area contributed by atoms with Gasteiger partial charge in [-0.05, 0) is 29.9 Å². The van der Waals surface area contributed by atoms with E-state index < -0.39 is 0 Å². The molecule has 0 atom stereocenters. The minimum absolute atomic E-state index is 0.0449. The SMILES string of the molecule is CC(C)c1ccc(CC(=O)C2(C)CCCC2)cc1. The van der Waals surface area contributed by atoms with Crippen LogP contribution < -0.4 is 0 Å². The summed E-state index contributed by atoms with van der Waals surface area (Å²) in [5.41, 5.74) is 2.47. The topological polar surface area (TPSA) is 17.1 Å². The Labute approximate surface area is 111 Å². The van der Waals surface area contributed by atoms with E-state index in [9.17, 15) is 4.79 Å². The van der Waals surface area contributed by atoms with Gasteiger partial charge in [0.25, 0.3) is 0 Å². The van der Waals surface area contributed by atoms with Crippen molar-refractivity contribution in [3.63, 3.8) is 0 Å². The Hall–Kier alpha value is -1.11. The molecule has 0 N–H and O–H groups in total. The molecule has 1 aliphatic carbocycles. The maximum atomic E-state index is 12.4. The zero-order valence-electron chi connectivity index (χ0n) is 11.8. The largest absolute Gasteiger partial charge is 0.299 e. The van der Waals surface area contributed by atoms with E-state index in [0.717, 1.165) is 18.4 Å². The summed E-state index contributed by atoms with van der Waals surface area (Å²) in [5.74, 6) is 0.986. The van der Waals surface area contributed by atoms with Gasteiger partial charge in [0, 0.05) is 11.8 Å². The zero-order valence-corrected chi connectivity index (χ0v) is 11.8. The molecule has 98 valence electrons. The minimum Gasteiger partial charge on any atom is -0.299 e. The summed E-state index contributed by atoms with van der Waals surface area (Å²) in [5, 5.41) is 0. The van der Waals surface area contributed by atoms with Crippen LogP contribution in [0.15, 0.2) is 24.3 Å². The van der Waals surface area contributed by atoms with Gasteiger partial charge in [-0.3, -0.25) is 4.79 Å². The second-order valence-corrected chi connectivity index (χ2v) is 6.26. The molecule has 0 aromatic heterocycles. The predicted molar refractivity (Wildman–Crippen MR) is 75.8 cm³/mol. The average Bonchev–Trinajstić information content (AvgIpc) is 2.78. The van der Waals surface area contributed by atoms with E-state index in [-0.39, 0.29) is 5.41 Å². The van der Waals surface area contributed by atoms with E-state index in [1.54, 1.807) is 0 Å². The van der Waals surface area contributed by atoms with Crippen molar-refractivity contribution in [2.75, 3.05) is 0 Å². The van der Waals surface area contributed by atoms with Gasteiger partial charge in [-0.25, -0.2) is 0 Å². The quantitative estimate of drug-likeness (QED) is 0.762. The van der Waals surface area contributed by atoms with Gasteiger partial charge in [0.1, 0.15) is 5.78 Å². The molecule has 0 saturated heterocycles. The molecule has 1 aromatic carbocycles. The van der Waals surface area contributed by atoms with Crippen LogP contribution in [-0.4, -0.2) is 5.78 Å². The molecular formula is C17H24O. The number of ketones is 1. The van der Waals surface area contributed by atoms with E-state index in [4.69, 9.17) is 0 Å². The third-order valence-corrected chi connectivity index (χ3v) is 4.39. The van der Waals surface area contributed by atoms with E-state index >= 15 is 0 Å². The Bertz CT molecular complexity index is 408. The summed E-state index contributed by atoms with van der Waals surface area (Å²) in [6.07, 6.45) is 5.20. The number of carbonyl (C=O) groups is 1. The van der Waals surface area contributed by atoms with Crippen LogP contribution in [0.5, 0.6) is 0 Å². The molecule has 0 radical (unpaired) electrons. The second-order valence-electron chi connectivity index (χ2n) is 6.26. The fourth-order valence-electron chi connectivity index (χ4n) is 2.85. The lowest BCUT2D eigenvalue weighted by Gasteiger charge is -2.21. The summed E-state index contributed by atoms with van der Waals surface area (Å²) >= 11 is 0. The monoisotopic (exact) mass is 244 g/mol. The summed E-state index contributed by atoms with van der Waals surface area (Å²) in [6, 6.07) is 8.55. The molecule has 1 fully saturated rings. The van der Waals surface area contributed by atoms with Crippen molar-refractivity contribution in [1.82, 2.24) is 0 Å². The standard InChI is InChI=1S/C17H24O/c1-13(2)15-8-6-14(7-9-15)12-16(18)17(3)10-4-5-11-17/h6-9,13H,4-5,10-12H2,1-3H3. The van der Waals surface area contributed by atoms with Gasteiger partial charge in [0.15, 0.2) is 0 Å². The van der Waals surface area contributed by atoms with Crippen molar-refractivity contribution in [1.29, 1.82) is 0 Å². The number of hydrogen-bond acceptors (Lipinski definition) is 1. The van der Waals surface area contributed by atoms with Crippen LogP contribution in [0.4, 0.5) is 0 Å². The Balaban J connectivity index is 2.03. The van der Waals surface area contributed by atoms with Crippen molar-refractivity contribution >= 4 is 5.78 Å². The highest BCUT2D eigenvalue weighted by Crippen LogP contribution is 2.39. The van der Waals surface area contributed by atoms with Gasteiger partial charge in [0.2, 0.25) is 0 Å². The van der Waals surface area contributed by atoms with Gasteiger partial charge in [0.05, 0.1) is 0 Å². The van der Waals surface area contributed by atoms with Gasteiger partial charge in [-0.2, -0.15) is 0 Å². The van der Waals surface area contributed by atoms with E-state index in [0.29, 0.717) is 18.1 Å². The summed E-state index contributed by atoms with van der Waals surface area (Å²) in [6.45, 7) is 6.53. The number of hydrogen-bond donors (Lipinski definition) is 0. The highest BCUT2D eigenvalue weighted by Gasteiger charge is 2.35. The zero-order chi connectivity index (χ0) is 13.2. The molecule has 2 rings (SSSR count). The molecule has 1 saturated carbocycles. The minimum atomic E-state index is -0.0449. The summed E-state index contributed by atoms with van der Waals surface area (Å²) < 4.78 is 0. The molecular weight excluding hydrogens is 220 g/mol. The first kappa shape index (κ1) is 13.3. The highest BCUT2D eigenvalue weighted by atomic mass is 16.1. The van der Waals surface area contributed by atoms with Crippen molar-refractivity contribution in [3.8, 4) is 0 Å². The smallest absolute Gasteiger partial charge is 0.143 e. The van der Waals surface area contributed by atoms with Crippen molar-refractivity contribution in [2.24, 2.45) is 5.41 Å². The summed E-state index contributed by atoms with van der Waals surface area (Å²) in [7, 11) is 0. The lowest BCUT2D eigenvalue weighted by molar-refractivity contribution is -0.126. The number of Topliss-reactive ketones (excluding diaryl/α,β-unsaturated/α-hetero) is 1. The fraction of sp³-hybridized carbons (Fsp3) is 0.588. The lowest BCUT2D eigenvalue weighted by Crippen LogP contribution is -2.25. The molecule has 1 heteroatoms. The lowest BCUT2D eigenvalue weighted by atomic mass is 9.81. The van der Waals surface area contributed by atoms with E-state index in [2.05, 4.69) is 45.0 Å². The third kappa shape index (κ3) is 2.82. The van der Waals surface area contributed by atoms with Gasteiger partial charge < -0.3 is 0 Å². The van der Waals surface area contributed by atoms with Gasteiger partial charge in [-0.15, -0.1) is 0 Å². The van der Waals surface area contributed by atoms with Crippen molar-refractivity contribution in [2.45, 2.75) is 58.8 Å². The molecule has 18 heavy (non-hydrogen) atoms. The second kappa shape index (κ2) is 5.26. The highest BCUT2D eigenvalue weighted by molar-refractivity contribution is 5.86.